The van der Waals surface area contributed by atoms with Crippen LogP contribution in [0.15, 0.2) is 48.8 Å². The fourth-order valence-corrected chi connectivity index (χ4v) is 4.42. The van der Waals surface area contributed by atoms with E-state index in [1.54, 1.807) is 48.5 Å². The fraction of sp³-hybridized carbons (Fsp3) is 0.346. The second-order valence-electron chi connectivity index (χ2n) is 8.87. The van der Waals surface area contributed by atoms with Crippen LogP contribution in [-0.2, 0) is 22.6 Å². The minimum atomic E-state index is -0.364. The molecule has 3 amide bonds. The van der Waals surface area contributed by atoms with E-state index in [-0.39, 0.29) is 18.2 Å². The Bertz CT molecular complexity index is 1270. The van der Waals surface area contributed by atoms with Crippen molar-refractivity contribution in [2.24, 2.45) is 0 Å². The minimum absolute atomic E-state index is 0.141. The lowest BCUT2D eigenvalue weighted by Gasteiger charge is -2.35. The van der Waals surface area contributed by atoms with Gasteiger partial charge in [0.1, 0.15) is 5.82 Å². The predicted octanol–water partition coefficient (Wildman–Crippen LogP) is 3.88. The largest absolute Gasteiger partial charge is 0.450 e. The summed E-state index contributed by atoms with van der Waals surface area (Å²) in [5.41, 5.74) is 3.78. The SMILES string of the molecule is CCOC(=O)N1Cc2nc(-c3ccc(NC(=O)Nc4cccnc4)cc3)nc(N3CCOCC3C)c2C1. The van der Waals surface area contributed by atoms with Crippen LogP contribution in [0.1, 0.15) is 25.1 Å². The van der Waals surface area contributed by atoms with Crippen LogP contribution in [-0.4, -0.2) is 64.4 Å². The summed E-state index contributed by atoms with van der Waals surface area (Å²) in [5, 5.41) is 5.55. The van der Waals surface area contributed by atoms with Crippen molar-refractivity contribution in [3.63, 3.8) is 0 Å². The molecule has 4 heterocycles. The van der Waals surface area contributed by atoms with E-state index in [0.29, 0.717) is 56.7 Å². The summed E-state index contributed by atoms with van der Waals surface area (Å²) >= 11 is 0. The van der Waals surface area contributed by atoms with E-state index >= 15 is 0 Å². The third kappa shape index (κ3) is 5.46. The fourth-order valence-electron chi connectivity index (χ4n) is 4.42. The molecular formula is C26H29N7O4. The second kappa shape index (κ2) is 10.8. The molecule has 0 spiro atoms. The highest BCUT2D eigenvalue weighted by molar-refractivity contribution is 5.99. The van der Waals surface area contributed by atoms with Gasteiger partial charge in [0.25, 0.3) is 0 Å². The summed E-state index contributed by atoms with van der Waals surface area (Å²) in [5.74, 6) is 1.38. The molecule has 0 saturated carbocycles. The third-order valence-electron chi connectivity index (χ3n) is 6.25. The molecule has 1 aromatic carbocycles. The number of nitrogens with zero attached hydrogens (tertiary/aromatic N) is 5. The lowest BCUT2D eigenvalue weighted by Crippen LogP contribution is -2.44. The highest BCUT2D eigenvalue weighted by atomic mass is 16.6. The molecule has 192 valence electrons. The van der Waals surface area contributed by atoms with Gasteiger partial charge in [-0.1, -0.05) is 0 Å². The first-order valence-electron chi connectivity index (χ1n) is 12.3. The summed E-state index contributed by atoms with van der Waals surface area (Å²) in [7, 11) is 0. The molecule has 0 aliphatic carbocycles. The number of carbonyl (C=O) groups excluding carboxylic acids is 2. The van der Waals surface area contributed by atoms with Crippen LogP contribution in [0.3, 0.4) is 0 Å². The zero-order chi connectivity index (χ0) is 25.8. The maximum Gasteiger partial charge on any atom is 0.410 e. The van der Waals surface area contributed by atoms with E-state index in [9.17, 15) is 9.59 Å². The molecule has 2 N–H and O–H groups in total. The summed E-state index contributed by atoms with van der Waals surface area (Å²) in [6.45, 7) is 6.91. The predicted molar refractivity (Wildman–Crippen MR) is 138 cm³/mol. The van der Waals surface area contributed by atoms with Crippen molar-refractivity contribution < 1.29 is 19.1 Å². The standard InChI is InChI=1S/C26H29N7O4/c1-3-37-26(35)32-14-21-22(15-32)30-23(31-24(21)33-11-12-36-16-17(33)2)18-6-8-19(9-7-18)28-25(34)29-20-5-4-10-27-13-20/h4-10,13,17H,3,11-12,14-16H2,1-2H3,(H2,28,29,34). The smallest absolute Gasteiger partial charge is 0.410 e. The van der Waals surface area contributed by atoms with Crippen LogP contribution >= 0.6 is 0 Å². The number of rotatable bonds is 5. The van der Waals surface area contributed by atoms with E-state index in [1.807, 2.05) is 12.1 Å². The molecule has 0 radical (unpaired) electrons. The lowest BCUT2D eigenvalue weighted by molar-refractivity contribution is 0.0980. The van der Waals surface area contributed by atoms with Crippen molar-refractivity contribution in [2.45, 2.75) is 33.0 Å². The molecule has 11 nitrogen and oxygen atoms in total. The first-order valence-corrected chi connectivity index (χ1v) is 12.3. The maximum atomic E-state index is 12.4. The number of urea groups is 1. The number of fused-ring (bicyclic) bond motifs is 1. The van der Waals surface area contributed by atoms with E-state index in [2.05, 4.69) is 27.4 Å². The highest BCUT2D eigenvalue weighted by Crippen LogP contribution is 2.34. The number of pyridine rings is 1. The number of hydrogen-bond acceptors (Lipinski definition) is 8. The van der Waals surface area contributed by atoms with Gasteiger partial charge in [-0.25, -0.2) is 19.6 Å². The van der Waals surface area contributed by atoms with Crippen molar-refractivity contribution >= 4 is 29.3 Å². The molecular weight excluding hydrogens is 474 g/mol. The Morgan fingerprint density at radius 1 is 1.11 bits per heavy atom. The van der Waals surface area contributed by atoms with E-state index in [4.69, 9.17) is 19.4 Å². The van der Waals surface area contributed by atoms with E-state index < -0.39 is 0 Å². The number of anilines is 3. The van der Waals surface area contributed by atoms with Crippen LogP contribution in [0, 0.1) is 0 Å². The first-order chi connectivity index (χ1) is 18.0. The number of benzene rings is 1. The highest BCUT2D eigenvalue weighted by Gasteiger charge is 2.33. The molecule has 1 fully saturated rings. The lowest BCUT2D eigenvalue weighted by atomic mass is 10.1. The Balaban J connectivity index is 1.39. The molecule has 1 unspecified atom stereocenters. The Kier molecular flexibility index (Phi) is 7.13. The van der Waals surface area contributed by atoms with Crippen molar-refractivity contribution in [1.82, 2.24) is 19.9 Å². The van der Waals surface area contributed by atoms with Gasteiger partial charge >= 0.3 is 12.1 Å². The minimum Gasteiger partial charge on any atom is -0.450 e. The zero-order valence-electron chi connectivity index (χ0n) is 20.8. The van der Waals surface area contributed by atoms with Gasteiger partial charge in [0.2, 0.25) is 0 Å². The van der Waals surface area contributed by atoms with E-state index in [0.717, 1.165) is 22.6 Å². The van der Waals surface area contributed by atoms with Crippen LogP contribution in [0.4, 0.5) is 26.8 Å². The summed E-state index contributed by atoms with van der Waals surface area (Å²) in [4.78, 5) is 42.4. The third-order valence-corrected chi connectivity index (χ3v) is 6.25. The Morgan fingerprint density at radius 2 is 1.92 bits per heavy atom. The van der Waals surface area contributed by atoms with Gasteiger partial charge in [0, 0.05) is 29.6 Å². The normalized spacial score (nSPS) is 16.8. The van der Waals surface area contributed by atoms with Gasteiger partial charge in [-0.15, -0.1) is 0 Å². The van der Waals surface area contributed by atoms with Crippen LogP contribution in [0.5, 0.6) is 0 Å². The number of ether oxygens (including phenoxy) is 2. The Labute approximate surface area is 214 Å². The zero-order valence-corrected chi connectivity index (χ0v) is 20.8. The average Bonchev–Trinajstić information content (AvgIpc) is 3.34. The van der Waals surface area contributed by atoms with Crippen LogP contribution < -0.4 is 15.5 Å². The summed E-state index contributed by atoms with van der Waals surface area (Å²) < 4.78 is 10.9. The number of carbonyl (C=O) groups is 2. The van der Waals surface area contributed by atoms with Crippen molar-refractivity contribution in [3.8, 4) is 11.4 Å². The molecule has 2 aromatic heterocycles. The molecule has 1 atom stereocenters. The number of aromatic nitrogens is 3. The number of amides is 3. The molecule has 2 aliphatic heterocycles. The number of morpholine rings is 1. The van der Waals surface area contributed by atoms with Crippen LogP contribution in [0.2, 0.25) is 0 Å². The Hall–Kier alpha value is -4.25. The molecule has 1 saturated heterocycles. The molecule has 5 rings (SSSR count). The molecule has 3 aromatic rings. The van der Waals surface area contributed by atoms with Gasteiger partial charge in [-0.3, -0.25) is 9.88 Å². The van der Waals surface area contributed by atoms with Crippen molar-refractivity contribution in [3.05, 3.63) is 60.0 Å². The van der Waals surface area contributed by atoms with Gasteiger partial charge in [0.05, 0.1) is 56.5 Å². The van der Waals surface area contributed by atoms with Gasteiger partial charge < -0.3 is 25.0 Å². The van der Waals surface area contributed by atoms with Gasteiger partial charge in [-0.05, 0) is 50.2 Å². The van der Waals surface area contributed by atoms with Crippen LogP contribution in [0.25, 0.3) is 11.4 Å². The second-order valence-corrected chi connectivity index (χ2v) is 8.87. The quantitative estimate of drug-likeness (QED) is 0.538. The van der Waals surface area contributed by atoms with Gasteiger partial charge in [0.15, 0.2) is 5.82 Å². The van der Waals surface area contributed by atoms with Crippen molar-refractivity contribution in [2.75, 3.05) is 41.9 Å². The molecule has 2 aliphatic rings. The number of hydrogen-bond donors (Lipinski definition) is 2. The van der Waals surface area contributed by atoms with Crippen molar-refractivity contribution in [1.29, 1.82) is 0 Å². The molecule has 11 heteroatoms. The maximum absolute atomic E-state index is 12.4. The van der Waals surface area contributed by atoms with Gasteiger partial charge in [-0.2, -0.15) is 0 Å². The molecule has 37 heavy (non-hydrogen) atoms. The summed E-state index contributed by atoms with van der Waals surface area (Å²) in [6.07, 6.45) is 2.86. The number of nitrogens with one attached hydrogen (secondary N) is 2. The summed E-state index contributed by atoms with van der Waals surface area (Å²) in [6, 6.07) is 10.6. The average molecular weight is 504 g/mol. The Morgan fingerprint density at radius 3 is 2.65 bits per heavy atom. The first kappa shape index (κ1) is 24.4. The topological polar surface area (TPSA) is 122 Å². The van der Waals surface area contributed by atoms with E-state index in [1.165, 1.54) is 0 Å². The molecule has 0 bridgehead atoms. The monoisotopic (exact) mass is 503 g/mol.